The molecule has 0 aliphatic rings. The molecule has 76 valence electrons. The predicted molar refractivity (Wildman–Crippen MR) is 56.0 cm³/mol. The van der Waals surface area contributed by atoms with Crippen molar-refractivity contribution in [2.45, 2.75) is 19.5 Å². The molecule has 0 aliphatic carbocycles. The molecule has 0 spiro atoms. The number of aryl methyl sites for hydroxylation is 2. The van der Waals surface area contributed by atoms with Crippen LogP contribution in [0.5, 0.6) is 0 Å². The molecule has 4 heteroatoms. The second-order valence-corrected chi connectivity index (χ2v) is 3.35. The Morgan fingerprint density at radius 2 is 2.27 bits per heavy atom. The van der Waals surface area contributed by atoms with Crippen molar-refractivity contribution >= 4 is 0 Å². The highest BCUT2D eigenvalue weighted by atomic mass is 15.0. The van der Waals surface area contributed by atoms with Crippen LogP contribution in [0.4, 0.5) is 0 Å². The van der Waals surface area contributed by atoms with Crippen molar-refractivity contribution in [1.29, 1.82) is 5.26 Å². The van der Waals surface area contributed by atoms with Crippen LogP contribution < -0.4 is 0 Å². The Bertz CT molecular complexity index is 447. The van der Waals surface area contributed by atoms with Crippen LogP contribution in [0.25, 0.3) is 0 Å². The second kappa shape index (κ2) is 4.47. The van der Waals surface area contributed by atoms with Crippen LogP contribution in [0.15, 0.2) is 37.1 Å². The van der Waals surface area contributed by atoms with Crippen molar-refractivity contribution in [1.82, 2.24) is 14.1 Å². The molecule has 2 rings (SSSR count). The highest BCUT2D eigenvalue weighted by Gasteiger charge is 1.98. The van der Waals surface area contributed by atoms with Crippen molar-refractivity contribution in [2.24, 2.45) is 0 Å². The van der Waals surface area contributed by atoms with Crippen LogP contribution in [0, 0.1) is 11.3 Å². The van der Waals surface area contributed by atoms with Gasteiger partial charge in [-0.1, -0.05) is 0 Å². The number of rotatable bonds is 4. The smallest absolute Gasteiger partial charge is 0.120 e. The molecule has 0 unspecified atom stereocenters. The molecular weight excluding hydrogens is 188 g/mol. The van der Waals surface area contributed by atoms with Gasteiger partial charge in [0.1, 0.15) is 11.8 Å². The third kappa shape index (κ3) is 2.26. The van der Waals surface area contributed by atoms with Crippen LogP contribution in [0.3, 0.4) is 0 Å². The van der Waals surface area contributed by atoms with E-state index in [1.807, 2.05) is 33.7 Å². The monoisotopic (exact) mass is 200 g/mol. The molecule has 0 aromatic carbocycles. The second-order valence-electron chi connectivity index (χ2n) is 3.35. The van der Waals surface area contributed by atoms with Crippen molar-refractivity contribution in [2.75, 3.05) is 0 Å². The van der Waals surface area contributed by atoms with Crippen LogP contribution >= 0.6 is 0 Å². The first-order valence-corrected chi connectivity index (χ1v) is 4.91. The lowest BCUT2D eigenvalue weighted by Gasteiger charge is -2.04. The van der Waals surface area contributed by atoms with Crippen molar-refractivity contribution in [3.8, 4) is 6.07 Å². The van der Waals surface area contributed by atoms with E-state index in [-0.39, 0.29) is 0 Å². The fourth-order valence-electron chi connectivity index (χ4n) is 1.55. The Labute approximate surface area is 88.4 Å². The standard InChI is InChI=1S/C11H12N4/c12-9-11-3-1-6-15(11)7-2-5-14-8-4-13-10-14/h1,3-4,6,8,10H,2,5,7H2. The van der Waals surface area contributed by atoms with Gasteiger partial charge >= 0.3 is 0 Å². The van der Waals surface area contributed by atoms with E-state index in [2.05, 4.69) is 11.1 Å². The van der Waals surface area contributed by atoms with Crippen molar-refractivity contribution in [3.63, 3.8) is 0 Å². The predicted octanol–water partition coefficient (Wildman–Crippen LogP) is 1.65. The topological polar surface area (TPSA) is 46.5 Å². The summed E-state index contributed by atoms with van der Waals surface area (Å²) in [5.74, 6) is 0. The third-order valence-corrected chi connectivity index (χ3v) is 2.32. The van der Waals surface area contributed by atoms with Gasteiger partial charge in [0, 0.05) is 31.7 Å². The quantitative estimate of drug-likeness (QED) is 0.753. The van der Waals surface area contributed by atoms with Gasteiger partial charge in [-0.3, -0.25) is 0 Å². The van der Waals surface area contributed by atoms with E-state index in [0.29, 0.717) is 0 Å². The normalized spacial score (nSPS) is 10.1. The van der Waals surface area contributed by atoms with E-state index in [1.54, 1.807) is 12.5 Å². The number of nitrogens with zero attached hydrogens (tertiary/aromatic N) is 4. The zero-order valence-corrected chi connectivity index (χ0v) is 8.37. The molecule has 2 aromatic rings. The van der Waals surface area contributed by atoms with Crippen LogP contribution in [0.2, 0.25) is 0 Å². The molecule has 0 saturated heterocycles. The Balaban J connectivity index is 1.87. The van der Waals surface area contributed by atoms with E-state index in [1.165, 1.54) is 0 Å². The molecule has 0 saturated carbocycles. The van der Waals surface area contributed by atoms with Gasteiger partial charge in [-0.25, -0.2) is 4.98 Å². The molecule has 0 bridgehead atoms. The first-order valence-electron chi connectivity index (χ1n) is 4.91. The average Bonchev–Trinajstić information content (AvgIpc) is 2.88. The van der Waals surface area contributed by atoms with Gasteiger partial charge in [0.2, 0.25) is 0 Å². The maximum atomic E-state index is 8.80. The molecule has 0 amide bonds. The zero-order valence-electron chi connectivity index (χ0n) is 8.37. The first kappa shape index (κ1) is 9.53. The summed E-state index contributed by atoms with van der Waals surface area (Å²) in [4.78, 5) is 3.98. The summed E-state index contributed by atoms with van der Waals surface area (Å²) >= 11 is 0. The molecule has 4 nitrogen and oxygen atoms in total. The molecule has 2 heterocycles. The van der Waals surface area contributed by atoms with Gasteiger partial charge < -0.3 is 9.13 Å². The molecule has 0 aliphatic heterocycles. The number of nitriles is 1. The lowest BCUT2D eigenvalue weighted by Crippen LogP contribution is -2.03. The molecule has 0 fully saturated rings. The molecule has 2 aromatic heterocycles. The summed E-state index contributed by atoms with van der Waals surface area (Å²) in [5, 5.41) is 8.80. The SMILES string of the molecule is N#Cc1cccn1CCCn1ccnc1. The molecule has 0 atom stereocenters. The van der Waals surface area contributed by atoms with Crippen molar-refractivity contribution in [3.05, 3.63) is 42.7 Å². The lowest BCUT2D eigenvalue weighted by atomic mass is 10.4. The van der Waals surface area contributed by atoms with Crippen LogP contribution in [0.1, 0.15) is 12.1 Å². The average molecular weight is 200 g/mol. The Kier molecular flexibility index (Phi) is 2.84. The summed E-state index contributed by atoms with van der Waals surface area (Å²) in [6, 6.07) is 5.89. The first-order chi connectivity index (χ1) is 7.40. The minimum absolute atomic E-state index is 0.723. The fraction of sp³-hybridized carbons (Fsp3) is 0.273. The van der Waals surface area contributed by atoms with E-state index in [0.717, 1.165) is 25.2 Å². The summed E-state index contributed by atoms with van der Waals surface area (Å²) in [6.45, 7) is 1.80. The highest BCUT2D eigenvalue weighted by molar-refractivity contribution is 5.21. The van der Waals surface area contributed by atoms with Gasteiger partial charge in [0.15, 0.2) is 0 Å². The summed E-state index contributed by atoms with van der Waals surface area (Å²) in [7, 11) is 0. The van der Waals surface area contributed by atoms with Gasteiger partial charge in [-0.2, -0.15) is 5.26 Å². The minimum atomic E-state index is 0.723. The molecule has 0 N–H and O–H groups in total. The highest BCUT2D eigenvalue weighted by Crippen LogP contribution is 2.02. The van der Waals surface area contributed by atoms with E-state index in [9.17, 15) is 0 Å². The molecule has 0 radical (unpaired) electrons. The lowest BCUT2D eigenvalue weighted by molar-refractivity contribution is 0.562. The summed E-state index contributed by atoms with van der Waals surface area (Å²) in [6.07, 6.45) is 8.46. The van der Waals surface area contributed by atoms with Gasteiger partial charge in [0.25, 0.3) is 0 Å². The van der Waals surface area contributed by atoms with Crippen LogP contribution in [-0.4, -0.2) is 14.1 Å². The summed E-state index contributed by atoms with van der Waals surface area (Å²) < 4.78 is 4.01. The molecular formula is C11H12N4. The van der Waals surface area contributed by atoms with Gasteiger partial charge in [-0.05, 0) is 18.6 Å². The molecule has 15 heavy (non-hydrogen) atoms. The van der Waals surface area contributed by atoms with Crippen molar-refractivity contribution < 1.29 is 0 Å². The van der Waals surface area contributed by atoms with Gasteiger partial charge in [0.05, 0.1) is 6.33 Å². The Morgan fingerprint density at radius 1 is 1.33 bits per heavy atom. The minimum Gasteiger partial charge on any atom is -0.339 e. The van der Waals surface area contributed by atoms with E-state index < -0.39 is 0 Å². The summed E-state index contributed by atoms with van der Waals surface area (Å²) in [5.41, 5.74) is 0.723. The fourth-order valence-corrected chi connectivity index (χ4v) is 1.55. The Morgan fingerprint density at radius 3 is 3.00 bits per heavy atom. The number of hydrogen-bond acceptors (Lipinski definition) is 2. The zero-order chi connectivity index (χ0) is 10.5. The van der Waals surface area contributed by atoms with E-state index >= 15 is 0 Å². The maximum absolute atomic E-state index is 8.80. The van der Waals surface area contributed by atoms with E-state index in [4.69, 9.17) is 5.26 Å². The van der Waals surface area contributed by atoms with Gasteiger partial charge in [-0.15, -0.1) is 0 Å². The number of hydrogen-bond donors (Lipinski definition) is 0. The Hall–Kier alpha value is -2.02. The largest absolute Gasteiger partial charge is 0.339 e. The van der Waals surface area contributed by atoms with Crippen LogP contribution in [-0.2, 0) is 13.1 Å². The maximum Gasteiger partial charge on any atom is 0.120 e. The third-order valence-electron chi connectivity index (χ3n) is 2.32. The number of aromatic nitrogens is 3. The number of imidazole rings is 1.